The summed E-state index contributed by atoms with van der Waals surface area (Å²) in [5.41, 5.74) is 1.57. The molecule has 0 fully saturated rings. The molecule has 2 amide bonds. The van der Waals surface area contributed by atoms with Gasteiger partial charge in [0.05, 0.1) is 18.0 Å². The molecular weight excluding hydrogens is 430 g/mol. The van der Waals surface area contributed by atoms with Crippen LogP contribution in [0.2, 0.25) is 0 Å². The molecule has 0 aliphatic carbocycles. The maximum Gasteiger partial charge on any atom is 1.00 e. The van der Waals surface area contributed by atoms with Crippen molar-refractivity contribution in [3.05, 3.63) is 71.3 Å². The van der Waals surface area contributed by atoms with Gasteiger partial charge in [0.2, 0.25) is 0 Å². The first-order valence-corrected chi connectivity index (χ1v) is 10.0. The summed E-state index contributed by atoms with van der Waals surface area (Å²) in [6.07, 6.45) is 2.81. The summed E-state index contributed by atoms with van der Waals surface area (Å²) in [7, 11) is 0. The van der Waals surface area contributed by atoms with Gasteiger partial charge < -0.3 is 30.0 Å². The molecule has 0 radical (unpaired) electrons. The fraction of sp³-hybridized carbons (Fsp3) is 0.348. The van der Waals surface area contributed by atoms with E-state index in [2.05, 4.69) is 12.2 Å². The molecule has 1 unspecified atom stereocenters. The van der Waals surface area contributed by atoms with Crippen molar-refractivity contribution >= 4 is 18.0 Å². The Labute approximate surface area is 233 Å². The van der Waals surface area contributed by atoms with Gasteiger partial charge in [-0.3, -0.25) is 0 Å². The summed E-state index contributed by atoms with van der Waals surface area (Å²) >= 11 is 0. The van der Waals surface area contributed by atoms with Gasteiger partial charge in [-0.05, 0) is 29.5 Å². The first kappa shape index (κ1) is 30.7. The number of aromatic carboxylic acids is 1. The average Bonchev–Trinajstić information content (AvgIpc) is 2.73. The maximum atomic E-state index is 12.8. The van der Waals surface area contributed by atoms with E-state index in [1.54, 1.807) is 36.4 Å². The molecule has 0 aliphatic rings. The second-order valence-electron chi connectivity index (χ2n) is 7.12. The van der Waals surface area contributed by atoms with Crippen LogP contribution in [0.25, 0.3) is 0 Å². The number of nitrogens with zero attached hydrogens (tertiary/aromatic N) is 1. The molecule has 9 heteroatoms. The normalized spacial score (nSPS) is 10.8. The molecule has 0 saturated heterocycles. The average molecular weight is 456 g/mol. The predicted molar refractivity (Wildman–Crippen MR) is 108 cm³/mol. The molecule has 7 nitrogen and oxygen atoms in total. The van der Waals surface area contributed by atoms with E-state index in [1.165, 1.54) is 17.0 Å². The van der Waals surface area contributed by atoms with Crippen molar-refractivity contribution in [2.75, 3.05) is 6.54 Å². The molecule has 1 N–H and O–H groups in total. The molecule has 160 valence electrons. The van der Waals surface area contributed by atoms with E-state index >= 15 is 0 Å². The van der Waals surface area contributed by atoms with E-state index in [0.717, 1.165) is 30.4 Å². The molecular formula is C23H26N2Na2O5. The van der Waals surface area contributed by atoms with Crippen LogP contribution in [0.15, 0.2) is 54.6 Å². The zero-order valence-corrected chi connectivity index (χ0v) is 23.0. The molecule has 2 rings (SSSR count). The predicted octanol–water partition coefficient (Wildman–Crippen LogP) is -4.88. The van der Waals surface area contributed by atoms with Crippen LogP contribution in [-0.2, 0) is 17.8 Å². The van der Waals surface area contributed by atoms with Gasteiger partial charge in [-0.1, -0.05) is 74.4 Å². The van der Waals surface area contributed by atoms with Gasteiger partial charge in [0.15, 0.2) is 0 Å². The number of nitrogens with one attached hydrogen (secondary N) is 1. The number of carboxylic acid groups (broad SMARTS) is 2. The van der Waals surface area contributed by atoms with E-state index < -0.39 is 24.0 Å². The number of amides is 2. The van der Waals surface area contributed by atoms with Crippen LogP contribution in [0.5, 0.6) is 0 Å². The van der Waals surface area contributed by atoms with E-state index in [9.17, 15) is 24.6 Å². The number of carboxylic acids is 2. The summed E-state index contributed by atoms with van der Waals surface area (Å²) in [6.45, 7) is 2.73. The minimum absolute atomic E-state index is 0. The van der Waals surface area contributed by atoms with Crippen LogP contribution in [-0.4, -0.2) is 35.5 Å². The van der Waals surface area contributed by atoms with Crippen LogP contribution in [0, 0.1) is 0 Å². The first-order valence-electron chi connectivity index (χ1n) is 10.0. The van der Waals surface area contributed by atoms with E-state index in [1.807, 2.05) is 6.07 Å². The third kappa shape index (κ3) is 10.5. The number of benzene rings is 2. The zero-order chi connectivity index (χ0) is 21.9. The van der Waals surface area contributed by atoms with Crippen molar-refractivity contribution in [3.8, 4) is 0 Å². The Balaban J connectivity index is 0.00000480. The molecule has 1 atom stereocenters. The first-order chi connectivity index (χ1) is 14.4. The van der Waals surface area contributed by atoms with Crippen molar-refractivity contribution in [1.29, 1.82) is 0 Å². The Morgan fingerprint density at radius 1 is 0.906 bits per heavy atom. The summed E-state index contributed by atoms with van der Waals surface area (Å²) < 4.78 is 0. The number of urea groups is 1. The van der Waals surface area contributed by atoms with Gasteiger partial charge >= 0.3 is 65.1 Å². The molecule has 0 heterocycles. The second kappa shape index (κ2) is 16.3. The van der Waals surface area contributed by atoms with Crippen molar-refractivity contribution in [3.63, 3.8) is 0 Å². The van der Waals surface area contributed by atoms with Crippen molar-refractivity contribution in [2.24, 2.45) is 0 Å². The summed E-state index contributed by atoms with van der Waals surface area (Å²) in [4.78, 5) is 36.9. The molecule has 0 saturated carbocycles. The summed E-state index contributed by atoms with van der Waals surface area (Å²) in [5, 5.41) is 25.0. The Bertz CT molecular complexity index is 847. The van der Waals surface area contributed by atoms with Crippen LogP contribution in [0.1, 0.15) is 47.7 Å². The maximum absolute atomic E-state index is 12.8. The van der Waals surface area contributed by atoms with Gasteiger partial charge in [0.25, 0.3) is 0 Å². The molecule has 0 aromatic heterocycles. The van der Waals surface area contributed by atoms with Gasteiger partial charge in [0, 0.05) is 13.1 Å². The van der Waals surface area contributed by atoms with Crippen LogP contribution in [0.4, 0.5) is 4.79 Å². The Morgan fingerprint density at radius 3 is 2.06 bits per heavy atom. The largest absolute Gasteiger partial charge is 1.00 e. The number of hydrogen-bond donors (Lipinski definition) is 1. The number of carbonyl (C=O) groups is 3. The Morgan fingerprint density at radius 2 is 1.53 bits per heavy atom. The number of hydrogen-bond acceptors (Lipinski definition) is 5. The van der Waals surface area contributed by atoms with Gasteiger partial charge in [-0.15, -0.1) is 0 Å². The third-order valence-electron chi connectivity index (χ3n) is 4.75. The number of carbonyl (C=O) groups excluding carboxylic acids is 3. The fourth-order valence-electron chi connectivity index (χ4n) is 3.06. The Kier molecular flexibility index (Phi) is 15.6. The standard InChI is InChI=1S/C23H28N2O5.2Na/c1-2-3-7-14-25(16-18-10-12-19(13-11-18)21(26)27)23(30)24-20(22(28)29)15-17-8-5-4-6-9-17;;/h4-6,8-13,20H,2-3,7,14-16H2,1H3,(H,24,30)(H,26,27)(H,28,29);;/q;2*+1/p-2. The van der Waals surface area contributed by atoms with Crippen LogP contribution in [0.3, 0.4) is 0 Å². The topological polar surface area (TPSA) is 113 Å². The fourth-order valence-corrected chi connectivity index (χ4v) is 3.06. The van der Waals surface area contributed by atoms with Crippen LogP contribution >= 0.6 is 0 Å². The molecule has 2 aromatic carbocycles. The van der Waals surface area contributed by atoms with Gasteiger partial charge in [-0.2, -0.15) is 0 Å². The Hall–Kier alpha value is -1.35. The number of aliphatic carboxylic acids is 1. The molecule has 0 aliphatic heterocycles. The van der Waals surface area contributed by atoms with E-state index in [4.69, 9.17) is 0 Å². The SMILES string of the molecule is CCCCCN(Cc1ccc(C(=O)[O-])cc1)C(=O)NC(Cc1ccccc1)C(=O)[O-].[Na+].[Na+]. The zero-order valence-electron chi connectivity index (χ0n) is 19.0. The van der Waals surface area contributed by atoms with Crippen molar-refractivity contribution in [2.45, 2.75) is 45.2 Å². The van der Waals surface area contributed by atoms with E-state index in [0.29, 0.717) is 6.54 Å². The van der Waals surface area contributed by atoms with Crippen molar-refractivity contribution in [1.82, 2.24) is 10.2 Å². The quantitative estimate of drug-likeness (QED) is 0.269. The minimum Gasteiger partial charge on any atom is -0.548 e. The van der Waals surface area contributed by atoms with Gasteiger partial charge in [0.1, 0.15) is 0 Å². The monoisotopic (exact) mass is 456 g/mol. The van der Waals surface area contributed by atoms with Crippen LogP contribution < -0.4 is 74.6 Å². The molecule has 0 bridgehead atoms. The smallest absolute Gasteiger partial charge is 0.548 e. The number of rotatable bonds is 11. The van der Waals surface area contributed by atoms with Crippen molar-refractivity contribution < 1.29 is 83.7 Å². The van der Waals surface area contributed by atoms with Gasteiger partial charge in [-0.25, -0.2) is 4.79 Å². The number of unbranched alkanes of at least 4 members (excludes halogenated alkanes) is 2. The second-order valence-corrected chi connectivity index (χ2v) is 7.12. The molecule has 0 spiro atoms. The summed E-state index contributed by atoms with van der Waals surface area (Å²) in [5.74, 6) is -2.61. The third-order valence-corrected chi connectivity index (χ3v) is 4.75. The summed E-state index contributed by atoms with van der Waals surface area (Å²) in [6, 6.07) is 13.4. The molecule has 2 aromatic rings. The minimum atomic E-state index is -1.35. The van der Waals surface area contributed by atoms with E-state index in [-0.39, 0.29) is 77.6 Å². The molecule has 32 heavy (non-hydrogen) atoms.